The fourth-order valence-electron chi connectivity index (χ4n) is 3.72. The third-order valence-electron chi connectivity index (χ3n) is 5.09. The van der Waals surface area contributed by atoms with E-state index in [-0.39, 0.29) is 17.8 Å². The molecular weight excluding hydrogens is 426 g/mol. The van der Waals surface area contributed by atoms with Crippen LogP contribution in [0.25, 0.3) is 0 Å². The lowest BCUT2D eigenvalue weighted by atomic mass is 10.0. The quantitative estimate of drug-likeness (QED) is 0.382. The predicted octanol–water partition coefficient (Wildman–Crippen LogP) is 5.71. The summed E-state index contributed by atoms with van der Waals surface area (Å²) < 4.78 is 6.28. The maximum absolute atomic E-state index is 10.5. The Bertz CT molecular complexity index is 1200. The molecule has 7 heteroatoms. The van der Waals surface area contributed by atoms with Gasteiger partial charge in [-0.15, -0.1) is 0 Å². The highest BCUT2D eigenvalue weighted by molar-refractivity contribution is 7.99. The average molecular weight is 446 g/mol. The Morgan fingerprint density at radius 1 is 0.935 bits per heavy atom. The van der Waals surface area contributed by atoms with Crippen LogP contribution in [0.1, 0.15) is 23.5 Å². The van der Waals surface area contributed by atoms with Crippen molar-refractivity contribution in [3.63, 3.8) is 0 Å². The minimum absolute atomic E-state index is 0.156. The standard InChI is InChI=1S/C24H19N3O2S2/c28-19-12-5-4-11-18(19)27-23(22(26-24(27)30)17-10-6-7-15-25-17)20-13-14-21(29-20)31-16-8-2-1-3-9-16/h1-15,22-23,28H,(H,26,30)/t22-,23+/m0/s1. The first-order chi connectivity index (χ1) is 15.2. The molecule has 2 atom stereocenters. The van der Waals surface area contributed by atoms with E-state index in [1.54, 1.807) is 30.1 Å². The molecule has 0 aliphatic carbocycles. The van der Waals surface area contributed by atoms with E-state index in [1.807, 2.05) is 77.7 Å². The molecule has 0 unspecified atom stereocenters. The van der Waals surface area contributed by atoms with Crippen molar-refractivity contribution in [3.8, 4) is 5.75 Å². The molecule has 1 saturated heterocycles. The summed E-state index contributed by atoms with van der Waals surface area (Å²) in [5, 5.41) is 15.2. The van der Waals surface area contributed by atoms with Gasteiger partial charge in [-0.05, 0) is 60.7 Å². The second kappa shape index (κ2) is 8.45. The number of phenolic OH excluding ortho intramolecular Hbond substituents is 1. The molecule has 5 rings (SSSR count). The normalized spacial score (nSPS) is 18.2. The number of para-hydroxylation sites is 2. The number of rotatable bonds is 5. The van der Waals surface area contributed by atoms with Gasteiger partial charge in [0.05, 0.1) is 17.4 Å². The first-order valence-electron chi connectivity index (χ1n) is 9.82. The molecule has 5 nitrogen and oxygen atoms in total. The van der Waals surface area contributed by atoms with Gasteiger partial charge in [0.15, 0.2) is 10.2 Å². The summed E-state index contributed by atoms with van der Waals surface area (Å²) in [4.78, 5) is 7.54. The lowest BCUT2D eigenvalue weighted by Crippen LogP contribution is -2.29. The zero-order valence-corrected chi connectivity index (χ0v) is 18.0. The number of furan rings is 1. The minimum Gasteiger partial charge on any atom is -0.506 e. The number of hydrogen-bond donors (Lipinski definition) is 2. The maximum atomic E-state index is 10.5. The molecule has 154 valence electrons. The number of thiocarbonyl (C=S) groups is 1. The van der Waals surface area contributed by atoms with Gasteiger partial charge in [-0.1, -0.05) is 48.2 Å². The van der Waals surface area contributed by atoms with Gasteiger partial charge in [0, 0.05) is 11.1 Å². The van der Waals surface area contributed by atoms with Gasteiger partial charge >= 0.3 is 0 Å². The Morgan fingerprint density at radius 3 is 2.48 bits per heavy atom. The lowest BCUT2D eigenvalue weighted by molar-refractivity contribution is 0.382. The molecule has 2 N–H and O–H groups in total. The van der Waals surface area contributed by atoms with Crippen molar-refractivity contribution in [2.75, 3.05) is 4.90 Å². The molecular formula is C24H19N3O2S2. The van der Waals surface area contributed by atoms with Gasteiger partial charge < -0.3 is 19.7 Å². The molecule has 0 amide bonds. The van der Waals surface area contributed by atoms with Crippen molar-refractivity contribution in [2.24, 2.45) is 0 Å². The molecule has 0 saturated carbocycles. The SMILES string of the molecule is Oc1ccccc1N1C(=S)N[C@@H](c2ccccn2)[C@H]1c1ccc(Sc2ccccc2)o1. The van der Waals surface area contributed by atoms with E-state index < -0.39 is 0 Å². The Morgan fingerprint density at radius 2 is 1.71 bits per heavy atom. The molecule has 0 radical (unpaired) electrons. The number of nitrogens with zero attached hydrogens (tertiary/aromatic N) is 2. The fraction of sp³-hybridized carbons (Fsp3) is 0.0833. The van der Waals surface area contributed by atoms with E-state index in [0.717, 1.165) is 21.4 Å². The van der Waals surface area contributed by atoms with E-state index in [1.165, 1.54) is 0 Å². The third kappa shape index (κ3) is 3.89. The van der Waals surface area contributed by atoms with Crippen LogP contribution >= 0.6 is 24.0 Å². The number of pyridine rings is 1. The summed E-state index contributed by atoms with van der Waals surface area (Å²) in [6.07, 6.45) is 1.76. The van der Waals surface area contributed by atoms with Crippen LogP contribution in [0.5, 0.6) is 5.75 Å². The van der Waals surface area contributed by atoms with E-state index >= 15 is 0 Å². The smallest absolute Gasteiger partial charge is 0.174 e. The van der Waals surface area contributed by atoms with Crippen molar-refractivity contribution in [1.29, 1.82) is 0 Å². The summed E-state index contributed by atoms with van der Waals surface area (Å²) in [5.41, 5.74) is 1.47. The molecule has 0 bridgehead atoms. The minimum atomic E-state index is -0.305. The van der Waals surface area contributed by atoms with Gasteiger partial charge in [0.2, 0.25) is 0 Å². The van der Waals surface area contributed by atoms with Crippen LogP contribution in [0.3, 0.4) is 0 Å². The lowest BCUT2D eigenvalue weighted by Gasteiger charge is -2.26. The Labute approximate surface area is 189 Å². The Balaban J connectivity index is 1.55. The van der Waals surface area contributed by atoms with Crippen LogP contribution in [0.4, 0.5) is 5.69 Å². The van der Waals surface area contributed by atoms with Crippen LogP contribution in [-0.4, -0.2) is 15.2 Å². The summed E-state index contributed by atoms with van der Waals surface area (Å²) in [6.45, 7) is 0. The van der Waals surface area contributed by atoms with Gasteiger partial charge in [0.1, 0.15) is 17.6 Å². The second-order valence-corrected chi connectivity index (χ2v) is 8.52. The number of aromatic nitrogens is 1. The molecule has 1 aliphatic rings. The Hall–Kier alpha value is -3.29. The number of hydrogen-bond acceptors (Lipinski definition) is 5. The molecule has 1 fully saturated rings. The zero-order chi connectivity index (χ0) is 21.2. The molecule has 31 heavy (non-hydrogen) atoms. The molecule has 2 aromatic carbocycles. The monoisotopic (exact) mass is 445 g/mol. The van der Waals surface area contributed by atoms with Crippen LogP contribution in [0.2, 0.25) is 0 Å². The first-order valence-corrected chi connectivity index (χ1v) is 11.0. The fourth-order valence-corrected chi connectivity index (χ4v) is 4.86. The number of benzene rings is 2. The molecule has 4 aromatic rings. The average Bonchev–Trinajstić information content (AvgIpc) is 3.39. The van der Waals surface area contributed by atoms with Gasteiger partial charge in [0.25, 0.3) is 0 Å². The second-order valence-electron chi connectivity index (χ2n) is 7.06. The molecule has 1 aliphatic heterocycles. The molecule has 0 spiro atoms. The van der Waals surface area contributed by atoms with Crippen molar-refractivity contribution < 1.29 is 9.52 Å². The molecule has 3 heterocycles. The predicted molar refractivity (Wildman–Crippen MR) is 125 cm³/mol. The third-order valence-corrected chi connectivity index (χ3v) is 6.34. The zero-order valence-electron chi connectivity index (χ0n) is 16.4. The highest BCUT2D eigenvalue weighted by Gasteiger charge is 2.43. The largest absolute Gasteiger partial charge is 0.506 e. The van der Waals surface area contributed by atoms with Crippen LogP contribution < -0.4 is 10.2 Å². The summed E-state index contributed by atoms with van der Waals surface area (Å²) in [6, 6.07) is 26.4. The topological polar surface area (TPSA) is 61.5 Å². The number of phenols is 1. The van der Waals surface area contributed by atoms with Crippen molar-refractivity contribution in [3.05, 3.63) is 103 Å². The summed E-state index contributed by atoms with van der Waals surface area (Å²) >= 11 is 7.24. The highest BCUT2D eigenvalue weighted by Crippen LogP contribution is 2.45. The first kappa shape index (κ1) is 19.7. The van der Waals surface area contributed by atoms with Gasteiger partial charge in [-0.3, -0.25) is 4.98 Å². The maximum Gasteiger partial charge on any atom is 0.174 e. The number of aromatic hydroxyl groups is 1. The summed E-state index contributed by atoms with van der Waals surface area (Å²) in [7, 11) is 0. The van der Waals surface area contributed by atoms with Crippen molar-refractivity contribution in [2.45, 2.75) is 22.1 Å². The van der Waals surface area contributed by atoms with Crippen molar-refractivity contribution in [1.82, 2.24) is 10.3 Å². The van der Waals surface area contributed by atoms with Crippen LogP contribution in [0, 0.1) is 0 Å². The van der Waals surface area contributed by atoms with E-state index in [9.17, 15) is 5.11 Å². The van der Waals surface area contributed by atoms with E-state index in [0.29, 0.717) is 10.8 Å². The highest BCUT2D eigenvalue weighted by atomic mass is 32.2. The summed E-state index contributed by atoms with van der Waals surface area (Å²) in [5.74, 6) is 0.897. The molecule has 2 aromatic heterocycles. The van der Waals surface area contributed by atoms with Crippen LogP contribution in [-0.2, 0) is 0 Å². The number of nitrogens with one attached hydrogen (secondary N) is 1. The Kier molecular flexibility index (Phi) is 5.36. The van der Waals surface area contributed by atoms with E-state index in [2.05, 4.69) is 10.3 Å². The van der Waals surface area contributed by atoms with Gasteiger partial charge in [-0.25, -0.2) is 0 Å². The van der Waals surface area contributed by atoms with Crippen LogP contribution in [0.15, 0.2) is 106 Å². The van der Waals surface area contributed by atoms with E-state index in [4.69, 9.17) is 16.6 Å². The van der Waals surface area contributed by atoms with Crippen molar-refractivity contribution >= 4 is 34.8 Å². The number of anilines is 1. The van der Waals surface area contributed by atoms with Gasteiger partial charge in [-0.2, -0.15) is 0 Å².